The molecule has 84 valence electrons. The quantitative estimate of drug-likeness (QED) is 0.709. The van der Waals surface area contributed by atoms with Gasteiger partial charge >= 0.3 is 0 Å². The molecule has 0 amide bonds. The average Bonchev–Trinajstić information content (AvgIpc) is 2.79. The number of nitrogens with two attached hydrogens (primary N) is 1. The van der Waals surface area contributed by atoms with Crippen LogP contribution in [0.25, 0.3) is 0 Å². The summed E-state index contributed by atoms with van der Waals surface area (Å²) in [5, 5.41) is 12.2. The molecule has 3 N–H and O–H groups in total. The van der Waals surface area contributed by atoms with E-state index in [2.05, 4.69) is 5.32 Å². The Bertz CT molecular complexity index is 278. The van der Waals surface area contributed by atoms with Crippen molar-refractivity contribution in [2.45, 2.75) is 44.7 Å². The molecule has 0 unspecified atom stereocenters. The molecule has 0 aromatic heterocycles. The lowest BCUT2D eigenvalue weighted by molar-refractivity contribution is -0.125. The molecule has 3 atom stereocenters. The van der Waals surface area contributed by atoms with Gasteiger partial charge in [-0.2, -0.15) is 5.26 Å². The summed E-state index contributed by atoms with van der Waals surface area (Å²) in [7, 11) is 0. The van der Waals surface area contributed by atoms with Gasteiger partial charge in [-0.15, -0.1) is 0 Å². The maximum atomic E-state index is 12.1. The standard InChI is InChI=1S/C11H19N3O/c1-3-8(2)11(13,7-12)10(15)9-5-4-6-14-9/h8-9,14H,3-6,13H2,1-2H3/t8-,9-,11-/m0/s1. The monoisotopic (exact) mass is 209 g/mol. The van der Waals surface area contributed by atoms with Crippen molar-refractivity contribution in [3.63, 3.8) is 0 Å². The molecule has 4 heteroatoms. The molecule has 0 spiro atoms. The number of ketones is 1. The van der Waals surface area contributed by atoms with Crippen LogP contribution in [0.3, 0.4) is 0 Å². The molecule has 0 bridgehead atoms. The average molecular weight is 209 g/mol. The summed E-state index contributed by atoms with van der Waals surface area (Å²) in [6.45, 7) is 4.65. The lowest BCUT2D eigenvalue weighted by Crippen LogP contribution is -2.57. The maximum absolute atomic E-state index is 12.1. The lowest BCUT2D eigenvalue weighted by atomic mass is 9.79. The van der Waals surface area contributed by atoms with E-state index in [-0.39, 0.29) is 17.7 Å². The predicted molar refractivity (Wildman–Crippen MR) is 58.0 cm³/mol. The molecule has 0 aromatic carbocycles. The number of nitriles is 1. The molecule has 1 aliphatic rings. The summed E-state index contributed by atoms with van der Waals surface area (Å²) in [4.78, 5) is 12.1. The van der Waals surface area contributed by atoms with Gasteiger partial charge in [-0.1, -0.05) is 20.3 Å². The fourth-order valence-corrected chi connectivity index (χ4v) is 1.93. The minimum absolute atomic E-state index is 0.0996. The summed E-state index contributed by atoms with van der Waals surface area (Å²) in [5.41, 5.74) is 4.60. The summed E-state index contributed by atoms with van der Waals surface area (Å²) in [6, 6.07) is 1.78. The van der Waals surface area contributed by atoms with E-state index < -0.39 is 5.54 Å². The zero-order valence-electron chi connectivity index (χ0n) is 9.42. The first-order valence-corrected chi connectivity index (χ1v) is 5.54. The van der Waals surface area contributed by atoms with Gasteiger partial charge in [-0.3, -0.25) is 4.79 Å². The van der Waals surface area contributed by atoms with Crippen LogP contribution in [-0.4, -0.2) is 23.9 Å². The van der Waals surface area contributed by atoms with Crippen LogP contribution >= 0.6 is 0 Å². The number of Topliss-reactive ketones (excluding diaryl/α,β-unsaturated/α-hetero) is 1. The minimum atomic E-state index is -1.32. The van der Waals surface area contributed by atoms with Gasteiger partial charge in [0.05, 0.1) is 12.1 Å². The van der Waals surface area contributed by atoms with Crippen LogP contribution < -0.4 is 11.1 Å². The first kappa shape index (κ1) is 12.2. The van der Waals surface area contributed by atoms with E-state index in [1.165, 1.54) is 0 Å². The highest BCUT2D eigenvalue weighted by Gasteiger charge is 2.43. The van der Waals surface area contributed by atoms with E-state index in [0.717, 1.165) is 25.8 Å². The summed E-state index contributed by atoms with van der Waals surface area (Å²) >= 11 is 0. The first-order valence-electron chi connectivity index (χ1n) is 5.54. The molecule has 1 rings (SSSR count). The van der Waals surface area contributed by atoms with Gasteiger partial charge < -0.3 is 11.1 Å². The van der Waals surface area contributed by atoms with Crippen molar-refractivity contribution in [1.82, 2.24) is 5.32 Å². The number of hydrogen-bond donors (Lipinski definition) is 2. The highest BCUT2D eigenvalue weighted by Crippen LogP contribution is 2.22. The van der Waals surface area contributed by atoms with E-state index in [1.807, 2.05) is 19.9 Å². The maximum Gasteiger partial charge on any atom is 0.184 e. The minimum Gasteiger partial charge on any atom is -0.307 e. The third-order valence-corrected chi connectivity index (χ3v) is 3.36. The molecule has 1 heterocycles. The lowest BCUT2D eigenvalue weighted by Gasteiger charge is -2.28. The van der Waals surface area contributed by atoms with Gasteiger partial charge in [0.15, 0.2) is 11.3 Å². The molecule has 4 nitrogen and oxygen atoms in total. The van der Waals surface area contributed by atoms with Gasteiger partial charge in [-0.05, 0) is 25.3 Å². The molecular weight excluding hydrogens is 190 g/mol. The van der Waals surface area contributed by atoms with Gasteiger partial charge in [0, 0.05) is 0 Å². The van der Waals surface area contributed by atoms with E-state index >= 15 is 0 Å². The van der Waals surface area contributed by atoms with Crippen molar-refractivity contribution in [1.29, 1.82) is 5.26 Å². The van der Waals surface area contributed by atoms with Gasteiger partial charge in [0.25, 0.3) is 0 Å². The number of rotatable bonds is 4. The summed E-state index contributed by atoms with van der Waals surface area (Å²) in [6.07, 6.45) is 2.52. The van der Waals surface area contributed by atoms with Crippen molar-refractivity contribution in [2.24, 2.45) is 11.7 Å². The Morgan fingerprint density at radius 3 is 2.87 bits per heavy atom. The summed E-state index contributed by atoms with van der Waals surface area (Å²) in [5.74, 6) is -0.241. The Labute approximate surface area is 90.8 Å². The number of nitrogens with zero attached hydrogens (tertiary/aromatic N) is 1. The second kappa shape index (κ2) is 4.73. The van der Waals surface area contributed by atoms with Crippen LogP contribution in [0.5, 0.6) is 0 Å². The van der Waals surface area contributed by atoms with Crippen molar-refractivity contribution in [2.75, 3.05) is 6.54 Å². The molecule has 15 heavy (non-hydrogen) atoms. The third-order valence-electron chi connectivity index (χ3n) is 3.36. The SMILES string of the molecule is CC[C@H](C)[C@@](N)(C#N)C(=O)[C@@H]1CCCN1. The third kappa shape index (κ3) is 2.19. The zero-order chi connectivity index (χ0) is 11.5. The van der Waals surface area contributed by atoms with E-state index in [4.69, 9.17) is 11.0 Å². The first-order chi connectivity index (χ1) is 7.06. The molecule has 0 aliphatic carbocycles. The van der Waals surface area contributed by atoms with Crippen LogP contribution in [0.1, 0.15) is 33.1 Å². The Morgan fingerprint density at radius 1 is 1.80 bits per heavy atom. The zero-order valence-corrected chi connectivity index (χ0v) is 9.42. The second-order valence-electron chi connectivity index (χ2n) is 4.30. The highest BCUT2D eigenvalue weighted by molar-refractivity contribution is 5.96. The largest absolute Gasteiger partial charge is 0.307 e. The Kier molecular flexibility index (Phi) is 3.83. The van der Waals surface area contributed by atoms with Gasteiger partial charge in [0.1, 0.15) is 0 Å². The van der Waals surface area contributed by atoms with E-state index in [9.17, 15) is 4.79 Å². The molecule has 1 saturated heterocycles. The number of nitrogens with one attached hydrogen (secondary N) is 1. The molecule has 1 fully saturated rings. The Hall–Kier alpha value is -0.920. The number of hydrogen-bond acceptors (Lipinski definition) is 4. The smallest absolute Gasteiger partial charge is 0.184 e. The van der Waals surface area contributed by atoms with Crippen LogP contribution in [0, 0.1) is 17.2 Å². The highest BCUT2D eigenvalue weighted by atomic mass is 16.1. The van der Waals surface area contributed by atoms with E-state index in [1.54, 1.807) is 0 Å². The van der Waals surface area contributed by atoms with Crippen LogP contribution in [0.15, 0.2) is 0 Å². The normalized spacial score (nSPS) is 26.7. The fourth-order valence-electron chi connectivity index (χ4n) is 1.93. The van der Waals surface area contributed by atoms with E-state index in [0.29, 0.717) is 0 Å². The molecule has 0 radical (unpaired) electrons. The van der Waals surface area contributed by atoms with Crippen LogP contribution in [-0.2, 0) is 4.79 Å². The molecule has 0 saturated carbocycles. The van der Waals surface area contributed by atoms with Gasteiger partial charge in [-0.25, -0.2) is 0 Å². The molecule has 1 aliphatic heterocycles. The molecule has 0 aromatic rings. The Morgan fingerprint density at radius 2 is 2.47 bits per heavy atom. The number of carbonyl (C=O) groups is 1. The Balaban J connectivity index is 2.81. The topological polar surface area (TPSA) is 78.9 Å². The predicted octanol–water partition coefficient (Wildman–Crippen LogP) is 0.575. The van der Waals surface area contributed by atoms with Crippen LogP contribution in [0.4, 0.5) is 0 Å². The summed E-state index contributed by atoms with van der Waals surface area (Å²) < 4.78 is 0. The van der Waals surface area contributed by atoms with Gasteiger partial charge in [0.2, 0.25) is 0 Å². The molecular formula is C11H19N3O. The number of carbonyl (C=O) groups excluding carboxylic acids is 1. The van der Waals surface area contributed by atoms with Crippen molar-refractivity contribution in [3.8, 4) is 6.07 Å². The van der Waals surface area contributed by atoms with Crippen LogP contribution in [0.2, 0.25) is 0 Å². The van der Waals surface area contributed by atoms with Crippen molar-refractivity contribution < 1.29 is 4.79 Å². The van der Waals surface area contributed by atoms with Crippen molar-refractivity contribution >= 4 is 5.78 Å². The van der Waals surface area contributed by atoms with Crippen molar-refractivity contribution in [3.05, 3.63) is 0 Å². The fraction of sp³-hybridized carbons (Fsp3) is 0.818. The second-order valence-corrected chi connectivity index (χ2v) is 4.30.